The van der Waals surface area contributed by atoms with E-state index >= 15 is 0 Å². The average molecular weight is 377 g/mol. The zero-order valence-corrected chi connectivity index (χ0v) is 16.4. The van der Waals surface area contributed by atoms with Crippen LogP contribution in [0, 0.1) is 0 Å². The van der Waals surface area contributed by atoms with Crippen LogP contribution in [0.4, 0.5) is 0 Å². The largest absolute Gasteiger partial charge is 0.508 e. The summed E-state index contributed by atoms with van der Waals surface area (Å²) in [7, 11) is 0. The first-order valence-corrected chi connectivity index (χ1v) is 9.63. The van der Waals surface area contributed by atoms with E-state index in [2.05, 4.69) is 48.7 Å². The number of phenolic OH excluding ortho intramolecular Hbond substituents is 2. The van der Waals surface area contributed by atoms with Crippen molar-refractivity contribution >= 4 is 0 Å². The minimum atomic E-state index is 0.152. The van der Waals surface area contributed by atoms with E-state index in [4.69, 9.17) is 0 Å². The smallest absolute Gasteiger partial charge is 0.115 e. The molecule has 4 N–H and O–H groups in total. The molecular weight excluding hydrogens is 348 g/mol. The zero-order valence-electron chi connectivity index (χ0n) is 16.4. The van der Waals surface area contributed by atoms with Gasteiger partial charge < -0.3 is 20.8 Å². The van der Waals surface area contributed by atoms with E-state index in [0.29, 0.717) is 11.5 Å². The van der Waals surface area contributed by atoms with Gasteiger partial charge >= 0.3 is 0 Å². The van der Waals surface area contributed by atoms with Gasteiger partial charge in [-0.25, -0.2) is 0 Å². The summed E-state index contributed by atoms with van der Waals surface area (Å²) in [4.78, 5) is 0. The van der Waals surface area contributed by atoms with Crippen LogP contribution in [0.3, 0.4) is 0 Å². The molecule has 2 atom stereocenters. The molecule has 4 heteroatoms. The van der Waals surface area contributed by atoms with Gasteiger partial charge in [-0.1, -0.05) is 48.5 Å². The minimum absolute atomic E-state index is 0.152. The molecule has 0 radical (unpaired) electrons. The van der Waals surface area contributed by atoms with Gasteiger partial charge in [-0.3, -0.25) is 0 Å². The second kappa shape index (κ2) is 9.40. The summed E-state index contributed by atoms with van der Waals surface area (Å²) in [6.45, 7) is 5.70. The van der Waals surface area contributed by atoms with Gasteiger partial charge in [0.1, 0.15) is 11.5 Å². The highest BCUT2D eigenvalue weighted by atomic mass is 16.3. The van der Waals surface area contributed by atoms with Crippen LogP contribution in [0.1, 0.15) is 48.2 Å². The zero-order chi connectivity index (χ0) is 19.9. The minimum Gasteiger partial charge on any atom is -0.508 e. The van der Waals surface area contributed by atoms with E-state index in [9.17, 15) is 10.2 Å². The van der Waals surface area contributed by atoms with Gasteiger partial charge in [-0.05, 0) is 60.4 Å². The fraction of sp³-hybridized carbons (Fsp3) is 0.250. The fourth-order valence-corrected chi connectivity index (χ4v) is 3.22. The van der Waals surface area contributed by atoms with Crippen LogP contribution in [0.15, 0.2) is 72.8 Å². The lowest BCUT2D eigenvalue weighted by atomic mass is 10.1. The Morgan fingerprint density at radius 2 is 1.07 bits per heavy atom. The molecule has 0 spiro atoms. The molecule has 0 heterocycles. The molecular formula is C24H28N2O2. The number of nitrogens with one attached hydrogen (secondary N) is 2. The van der Waals surface area contributed by atoms with Crippen molar-refractivity contribution < 1.29 is 10.2 Å². The highest BCUT2D eigenvalue weighted by Crippen LogP contribution is 2.20. The van der Waals surface area contributed by atoms with E-state index in [-0.39, 0.29) is 12.1 Å². The third kappa shape index (κ3) is 5.59. The molecule has 0 aliphatic rings. The molecule has 3 aromatic carbocycles. The van der Waals surface area contributed by atoms with Crippen LogP contribution in [0.5, 0.6) is 11.5 Å². The molecule has 0 amide bonds. The summed E-state index contributed by atoms with van der Waals surface area (Å²) >= 11 is 0. The Labute approximate surface area is 166 Å². The Morgan fingerprint density at radius 1 is 0.643 bits per heavy atom. The van der Waals surface area contributed by atoms with Crippen molar-refractivity contribution in [2.45, 2.75) is 39.0 Å². The third-order valence-corrected chi connectivity index (χ3v) is 4.96. The Balaban J connectivity index is 1.55. The topological polar surface area (TPSA) is 64.5 Å². The van der Waals surface area contributed by atoms with Crippen LogP contribution in [-0.2, 0) is 13.1 Å². The number of phenols is 2. The van der Waals surface area contributed by atoms with Crippen molar-refractivity contribution in [3.63, 3.8) is 0 Å². The third-order valence-electron chi connectivity index (χ3n) is 4.96. The van der Waals surface area contributed by atoms with Gasteiger partial charge in [0, 0.05) is 25.2 Å². The molecule has 28 heavy (non-hydrogen) atoms. The monoisotopic (exact) mass is 376 g/mol. The molecule has 0 fully saturated rings. The van der Waals surface area contributed by atoms with Crippen molar-refractivity contribution in [3.05, 3.63) is 95.1 Å². The highest BCUT2D eigenvalue weighted by Gasteiger charge is 2.08. The molecule has 0 aliphatic carbocycles. The van der Waals surface area contributed by atoms with Gasteiger partial charge in [0.25, 0.3) is 0 Å². The summed E-state index contributed by atoms with van der Waals surface area (Å²) in [5.41, 5.74) is 4.57. The van der Waals surface area contributed by atoms with E-state index in [1.165, 1.54) is 11.1 Å². The predicted molar refractivity (Wildman–Crippen MR) is 113 cm³/mol. The van der Waals surface area contributed by atoms with Crippen LogP contribution < -0.4 is 10.6 Å². The van der Waals surface area contributed by atoms with Crippen molar-refractivity contribution in [1.82, 2.24) is 10.6 Å². The lowest BCUT2D eigenvalue weighted by Gasteiger charge is -2.16. The second-order valence-electron chi connectivity index (χ2n) is 7.22. The SMILES string of the molecule is CC(NCc1cccc(CNC(C)c2cccc(O)c2)c1)c1cccc(O)c1. The van der Waals surface area contributed by atoms with Crippen LogP contribution in [0.25, 0.3) is 0 Å². The van der Waals surface area contributed by atoms with Crippen molar-refractivity contribution in [1.29, 1.82) is 0 Å². The second-order valence-corrected chi connectivity index (χ2v) is 7.22. The normalized spacial score (nSPS) is 13.2. The maximum Gasteiger partial charge on any atom is 0.115 e. The van der Waals surface area contributed by atoms with Crippen LogP contribution in [0.2, 0.25) is 0 Å². The number of hydrogen-bond donors (Lipinski definition) is 4. The average Bonchev–Trinajstić information content (AvgIpc) is 2.70. The summed E-state index contributed by atoms with van der Waals surface area (Å²) in [6.07, 6.45) is 0. The molecule has 3 aromatic rings. The van der Waals surface area contributed by atoms with E-state index < -0.39 is 0 Å². The number of aromatic hydroxyl groups is 2. The summed E-state index contributed by atoms with van der Waals surface area (Å²) in [5, 5.41) is 26.3. The first-order valence-electron chi connectivity index (χ1n) is 9.63. The molecule has 0 aliphatic heterocycles. The number of rotatable bonds is 8. The van der Waals surface area contributed by atoms with E-state index in [0.717, 1.165) is 24.2 Å². The Bertz CT molecular complexity index is 840. The Hall–Kier alpha value is -2.82. The standard InChI is InChI=1S/C24H28N2O2/c1-17(21-8-4-10-23(27)13-21)25-15-19-6-3-7-20(12-19)16-26-18(2)22-9-5-11-24(28)14-22/h3-14,17-18,25-28H,15-16H2,1-2H3. The molecule has 0 aromatic heterocycles. The Kier molecular flexibility index (Phi) is 6.69. The summed E-state index contributed by atoms with van der Waals surface area (Å²) in [6, 6.07) is 23.5. The molecule has 0 bridgehead atoms. The molecule has 2 unspecified atom stereocenters. The van der Waals surface area contributed by atoms with E-state index in [1.807, 2.05) is 24.3 Å². The lowest BCUT2D eigenvalue weighted by Crippen LogP contribution is -2.19. The van der Waals surface area contributed by atoms with Crippen molar-refractivity contribution in [3.8, 4) is 11.5 Å². The lowest BCUT2D eigenvalue weighted by molar-refractivity contribution is 0.471. The number of hydrogen-bond acceptors (Lipinski definition) is 4. The van der Waals surface area contributed by atoms with Gasteiger partial charge in [0.15, 0.2) is 0 Å². The summed E-state index contributed by atoms with van der Waals surface area (Å²) < 4.78 is 0. The first-order chi connectivity index (χ1) is 13.5. The van der Waals surface area contributed by atoms with Crippen molar-refractivity contribution in [2.24, 2.45) is 0 Å². The maximum atomic E-state index is 9.64. The van der Waals surface area contributed by atoms with Crippen LogP contribution in [-0.4, -0.2) is 10.2 Å². The molecule has 146 valence electrons. The Morgan fingerprint density at radius 3 is 1.50 bits per heavy atom. The summed E-state index contributed by atoms with van der Waals surface area (Å²) in [5.74, 6) is 0.583. The van der Waals surface area contributed by atoms with Gasteiger partial charge in [-0.15, -0.1) is 0 Å². The number of benzene rings is 3. The fourth-order valence-electron chi connectivity index (χ4n) is 3.22. The predicted octanol–water partition coefficient (Wildman–Crippen LogP) is 4.80. The van der Waals surface area contributed by atoms with Gasteiger partial charge in [-0.2, -0.15) is 0 Å². The molecule has 0 saturated carbocycles. The first kappa shape index (κ1) is 19.9. The molecule has 4 nitrogen and oxygen atoms in total. The highest BCUT2D eigenvalue weighted by molar-refractivity contribution is 5.30. The van der Waals surface area contributed by atoms with Gasteiger partial charge in [0.2, 0.25) is 0 Å². The quantitative estimate of drug-likeness (QED) is 0.456. The van der Waals surface area contributed by atoms with Gasteiger partial charge in [0.05, 0.1) is 0 Å². The van der Waals surface area contributed by atoms with E-state index in [1.54, 1.807) is 24.3 Å². The van der Waals surface area contributed by atoms with Crippen molar-refractivity contribution in [2.75, 3.05) is 0 Å². The molecule has 0 saturated heterocycles. The molecule has 3 rings (SSSR count). The van der Waals surface area contributed by atoms with Crippen LogP contribution >= 0.6 is 0 Å². The maximum absolute atomic E-state index is 9.64.